The molecule has 0 rings (SSSR count). The standard InChI is InChI=1S/C45H79O9P/c1-3-5-7-9-11-13-15-17-19-20-21-22-23-24-26-28-30-32-34-36-38-51-41-44(42-53-55(49,50)52-40-43(47)39-46)54-45(48)37-35-33-31-29-27-25-18-16-14-12-10-8-6-4-2/h5,7,10-13,16-19,21-22,43-44,46-47H,3-4,6,8-9,14-15,20,23-42H2,1-2H3,(H,49,50)/b7-5-,12-10-,13-11-,18-16-,19-17-,22-21-. The maximum Gasteiger partial charge on any atom is 0.472 e. The molecule has 0 aromatic rings. The van der Waals surface area contributed by atoms with E-state index in [2.05, 4.69) is 86.8 Å². The molecule has 3 atom stereocenters. The highest BCUT2D eigenvalue weighted by Gasteiger charge is 2.26. The van der Waals surface area contributed by atoms with Crippen LogP contribution in [0.4, 0.5) is 0 Å². The van der Waals surface area contributed by atoms with Crippen molar-refractivity contribution in [2.45, 2.75) is 174 Å². The van der Waals surface area contributed by atoms with Crippen LogP contribution in [-0.4, -0.2) is 66.3 Å². The summed E-state index contributed by atoms with van der Waals surface area (Å²) in [5, 5.41) is 18.3. The summed E-state index contributed by atoms with van der Waals surface area (Å²) in [4.78, 5) is 22.6. The minimum Gasteiger partial charge on any atom is -0.457 e. The molecule has 55 heavy (non-hydrogen) atoms. The molecule has 10 heteroatoms. The quantitative estimate of drug-likeness (QED) is 0.0240. The molecule has 0 aromatic heterocycles. The third kappa shape index (κ3) is 41.4. The van der Waals surface area contributed by atoms with Gasteiger partial charge in [0.05, 0.1) is 26.4 Å². The van der Waals surface area contributed by atoms with Gasteiger partial charge in [0.25, 0.3) is 0 Å². The molecule has 0 saturated heterocycles. The van der Waals surface area contributed by atoms with Gasteiger partial charge < -0.3 is 24.6 Å². The fourth-order valence-corrected chi connectivity index (χ4v) is 6.15. The van der Waals surface area contributed by atoms with Crippen LogP contribution in [0.2, 0.25) is 0 Å². The molecule has 0 bridgehead atoms. The SMILES string of the molecule is CC/C=C\C/C=C\C/C=C\C/C=C\CCCCCCCCCOCC(COP(=O)(O)OCC(O)CO)OC(=O)CCCCCCC/C=C\C/C=C\CCCC. The van der Waals surface area contributed by atoms with Crippen LogP contribution in [0.25, 0.3) is 0 Å². The van der Waals surface area contributed by atoms with Crippen LogP contribution in [0.1, 0.15) is 162 Å². The van der Waals surface area contributed by atoms with E-state index in [1.165, 1.54) is 38.5 Å². The van der Waals surface area contributed by atoms with Crippen LogP contribution in [0.5, 0.6) is 0 Å². The van der Waals surface area contributed by atoms with Crippen LogP contribution >= 0.6 is 7.82 Å². The van der Waals surface area contributed by atoms with Gasteiger partial charge in [-0.15, -0.1) is 0 Å². The second-order valence-electron chi connectivity index (χ2n) is 14.0. The molecule has 0 aliphatic carbocycles. The number of unbranched alkanes of at least 4 members (excludes halogenated alkanes) is 14. The van der Waals surface area contributed by atoms with Gasteiger partial charge in [-0.25, -0.2) is 4.57 Å². The van der Waals surface area contributed by atoms with Crippen molar-refractivity contribution in [3.63, 3.8) is 0 Å². The van der Waals surface area contributed by atoms with Gasteiger partial charge in [0, 0.05) is 13.0 Å². The molecule has 0 radical (unpaired) electrons. The molecule has 3 N–H and O–H groups in total. The zero-order valence-corrected chi connectivity index (χ0v) is 35.5. The highest BCUT2D eigenvalue weighted by Crippen LogP contribution is 2.43. The van der Waals surface area contributed by atoms with Gasteiger partial charge in [0.15, 0.2) is 0 Å². The van der Waals surface area contributed by atoms with Crippen molar-refractivity contribution in [3.8, 4) is 0 Å². The number of ether oxygens (including phenoxy) is 2. The van der Waals surface area contributed by atoms with Crippen molar-refractivity contribution in [1.29, 1.82) is 0 Å². The van der Waals surface area contributed by atoms with Crippen molar-refractivity contribution >= 4 is 13.8 Å². The Hall–Kier alpha value is -2.10. The number of hydrogen-bond acceptors (Lipinski definition) is 8. The summed E-state index contributed by atoms with van der Waals surface area (Å²) in [5.74, 6) is -0.404. The molecule has 9 nitrogen and oxygen atoms in total. The third-order valence-electron chi connectivity index (χ3n) is 8.63. The first-order chi connectivity index (χ1) is 26.8. The minimum absolute atomic E-state index is 0.0321. The summed E-state index contributed by atoms with van der Waals surface area (Å²) in [6.45, 7) is 3.30. The number of phosphoric acid groups is 1. The van der Waals surface area contributed by atoms with E-state index in [1.807, 2.05) is 0 Å². The van der Waals surface area contributed by atoms with Crippen LogP contribution in [0.15, 0.2) is 72.9 Å². The molecule has 3 unspecified atom stereocenters. The molecule has 0 saturated carbocycles. The summed E-state index contributed by atoms with van der Waals surface area (Å²) in [5.41, 5.74) is 0. The normalized spacial score (nSPS) is 14.8. The van der Waals surface area contributed by atoms with Gasteiger partial charge >= 0.3 is 13.8 Å². The number of esters is 1. The van der Waals surface area contributed by atoms with Gasteiger partial charge in [0.2, 0.25) is 0 Å². The highest BCUT2D eigenvalue weighted by molar-refractivity contribution is 7.47. The number of aliphatic hydroxyl groups excluding tert-OH is 2. The number of hydrogen-bond donors (Lipinski definition) is 3. The largest absolute Gasteiger partial charge is 0.472 e. The maximum atomic E-state index is 12.6. The van der Waals surface area contributed by atoms with Crippen LogP contribution < -0.4 is 0 Å². The molecular formula is C45H79O9P. The summed E-state index contributed by atoms with van der Waals surface area (Å²) in [7, 11) is -4.53. The third-order valence-corrected chi connectivity index (χ3v) is 9.58. The van der Waals surface area contributed by atoms with Crippen molar-refractivity contribution in [1.82, 2.24) is 0 Å². The molecule has 318 valence electrons. The topological polar surface area (TPSA) is 132 Å². The lowest BCUT2D eigenvalue weighted by Gasteiger charge is -2.20. The Morgan fingerprint density at radius 3 is 1.56 bits per heavy atom. The molecular weight excluding hydrogens is 715 g/mol. The van der Waals surface area contributed by atoms with E-state index in [-0.39, 0.29) is 13.0 Å². The number of carbonyl (C=O) groups excluding carboxylic acids is 1. The lowest BCUT2D eigenvalue weighted by Crippen LogP contribution is -2.29. The lowest BCUT2D eigenvalue weighted by molar-refractivity contribution is -0.154. The van der Waals surface area contributed by atoms with Crippen LogP contribution in [-0.2, 0) is 27.9 Å². The van der Waals surface area contributed by atoms with Gasteiger partial charge in [-0.05, 0) is 77.0 Å². The first-order valence-electron chi connectivity index (χ1n) is 21.4. The Morgan fingerprint density at radius 1 is 0.582 bits per heavy atom. The average molecular weight is 795 g/mol. The number of allylic oxidation sites excluding steroid dienone is 12. The lowest BCUT2D eigenvalue weighted by atomic mass is 10.1. The minimum atomic E-state index is -4.53. The molecule has 0 aromatic carbocycles. The van der Waals surface area contributed by atoms with Crippen molar-refractivity contribution < 1.29 is 43.0 Å². The Kier molecular flexibility index (Phi) is 39.9. The van der Waals surface area contributed by atoms with E-state index in [1.54, 1.807) is 0 Å². The summed E-state index contributed by atoms with van der Waals surface area (Å²) < 4.78 is 33.3. The van der Waals surface area contributed by atoms with Crippen molar-refractivity contribution in [3.05, 3.63) is 72.9 Å². The predicted molar refractivity (Wildman–Crippen MR) is 228 cm³/mol. The van der Waals surface area contributed by atoms with E-state index in [9.17, 15) is 19.4 Å². The molecule has 0 spiro atoms. The fraction of sp³-hybridized carbons (Fsp3) is 0.711. The summed E-state index contributed by atoms with van der Waals surface area (Å²) in [6.07, 6.45) is 48.6. The van der Waals surface area contributed by atoms with E-state index >= 15 is 0 Å². The second-order valence-corrected chi connectivity index (χ2v) is 15.4. The van der Waals surface area contributed by atoms with Gasteiger partial charge in [-0.2, -0.15) is 0 Å². The van der Waals surface area contributed by atoms with Crippen LogP contribution in [0.3, 0.4) is 0 Å². The van der Waals surface area contributed by atoms with E-state index in [0.29, 0.717) is 13.0 Å². The van der Waals surface area contributed by atoms with Crippen molar-refractivity contribution in [2.75, 3.05) is 33.0 Å². The molecule has 0 fully saturated rings. The zero-order chi connectivity index (χ0) is 40.3. The number of rotatable bonds is 40. The Morgan fingerprint density at radius 2 is 1.04 bits per heavy atom. The Balaban J connectivity index is 4.22. The zero-order valence-electron chi connectivity index (χ0n) is 34.6. The summed E-state index contributed by atoms with van der Waals surface area (Å²) >= 11 is 0. The molecule has 0 aliphatic heterocycles. The summed E-state index contributed by atoms with van der Waals surface area (Å²) in [6, 6.07) is 0. The number of carbonyl (C=O) groups is 1. The monoisotopic (exact) mass is 795 g/mol. The highest BCUT2D eigenvalue weighted by atomic mass is 31.2. The molecule has 0 amide bonds. The van der Waals surface area contributed by atoms with Gasteiger partial charge in [-0.1, -0.05) is 151 Å². The average Bonchev–Trinajstić information content (AvgIpc) is 3.18. The number of phosphoric ester groups is 1. The molecule has 0 aliphatic rings. The van der Waals surface area contributed by atoms with E-state index < -0.39 is 45.8 Å². The first-order valence-corrected chi connectivity index (χ1v) is 22.9. The van der Waals surface area contributed by atoms with Gasteiger partial charge in [-0.3, -0.25) is 13.8 Å². The van der Waals surface area contributed by atoms with Gasteiger partial charge in [0.1, 0.15) is 12.2 Å². The molecule has 0 heterocycles. The first kappa shape index (κ1) is 52.9. The Labute approximate surface area is 335 Å². The Bertz CT molecular complexity index is 1080. The smallest absolute Gasteiger partial charge is 0.457 e. The van der Waals surface area contributed by atoms with E-state index in [0.717, 1.165) is 96.3 Å². The van der Waals surface area contributed by atoms with E-state index in [4.69, 9.17) is 23.6 Å². The maximum absolute atomic E-state index is 12.6. The van der Waals surface area contributed by atoms with Crippen LogP contribution in [0, 0.1) is 0 Å². The predicted octanol–water partition coefficient (Wildman–Crippen LogP) is 11.8. The van der Waals surface area contributed by atoms with Crippen molar-refractivity contribution in [2.24, 2.45) is 0 Å². The fourth-order valence-electron chi connectivity index (χ4n) is 5.36. The number of aliphatic hydroxyl groups is 2. The second kappa shape index (κ2) is 41.5.